The highest BCUT2D eigenvalue weighted by molar-refractivity contribution is 5.89. The van der Waals surface area contributed by atoms with Crippen LogP contribution in [0, 0.1) is 0 Å². The molecule has 0 fully saturated rings. The van der Waals surface area contributed by atoms with Crippen molar-refractivity contribution in [3.05, 3.63) is 70.1 Å². The van der Waals surface area contributed by atoms with Gasteiger partial charge in [-0.05, 0) is 35.2 Å². The van der Waals surface area contributed by atoms with Crippen molar-refractivity contribution >= 4 is 16.9 Å². The van der Waals surface area contributed by atoms with Gasteiger partial charge in [-0.2, -0.15) is 0 Å². The molecule has 0 aliphatic heterocycles. The third kappa shape index (κ3) is 4.99. The summed E-state index contributed by atoms with van der Waals surface area (Å²) in [6.07, 6.45) is -0.937. The van der Waals surface area contributed by atoms with Crippen molar-refractivity contribution in [1.82, 2.24) is 0 Å². The van der Waals surface area contributed by atoms with Crippen LogP contribution in [0.2, 0.25) is 0 Å². The summed E-state index contributed by atoms with van der Waals surface area (Å²) in [5.74, 6) is -0.945. The number of benzene rings is 2. The molecule has 0 saturated carbocycles. The summed E-state index contributed by atoms with van der Waals surface area (Å²) in [4.78, 5) is 23.3. The van der Waals surface area contributed by atoms with Crippen LogP contribution < -0.4 is 14.9 Å². The molecule has 1 unspecified atom stereocenters. The Bertz CT molecular complexity index is 1090. The van der Waals surface area contributed by atoms with Gasteiger partial charge in [0, 0.05) is 6.07 Å². The van der Waals surface area contributed by atoms with Crippen molar-refractivity contribution in [1.29, 1.82) is 0 Å². The number of carboxylic acids is 1. The summed E-state index contributed by atoms with van der Waals surface area (Å²) in [7, 11) is 0. The predicted octanol–water partition coefficient (Wildman–Crippen LogP) is 3.61. The van der Waals surface area contributed by atoms with Crippen molar-refractivity contribution in [2.24, 2.45) is 0 Å². The summed E-state index contributed by atoms with van der Waals surface area (Å²) in [5.41, 5.74) is 0.790. The zero-order chi connectivity index (χ0) is 21.9. The van der Waals surface area contributed by atoms with E-state index in [-0.39, 0.29) is 35.3 Å². The SMILES string of the molecule is CC(C)(C)c1ccc(OCC(O)COc2cccc3oc(C(=O)O)cc(=O)c23)cc1. The van der Waals surface area contributed by atoms with Crippen molar-refractivity contribution in [3.8, 4) is 11.5 Å². The first kappa shape index (κ1) is 21.4. The van der Waals surface area contributed by atoms with E-state index in [0.717, 1.165) is 6.07 Å². The van der Waals surface area contributed by atoms with Crippen molar-refractivity contribution in [2.45, 2.75) is 32.3 Å². The fourth-order valence-corrected chi connectivity index (χ4v) is 2.88. The Balaban J connectivity index is 1.63. The van der Waals surface area contributed by atoms with E-state index in [1.165, 1.54) is 11.6 Å². The maximum atomic E-state index is 12.3. The van der Waals surface area contributed by atoms with Gasteiger partial charge < -0.3 is 24.1 Å². The molecule has 0 spiro atoms. The lowest BCUT2D eigenvalue weighted by Gasteiger charge is -2.19. The second-order valence-electron chi connectivity index (χ2n) is 7.96. The van der Waals surface area contributed by atoms with E-state index in [1.807, 2.05) is 24.3 Å². The van der Waals surface area contributed by atoms with Gasteiger partial charge in [-0.3, -0.25) is 4.79 Å². The first-order valence-electron chi connectivity index (χ1n) is 9.49. The monoisotopic (exact) mass is 412 g/mol. The van der Waals surface area contributed by atoms with Gasteiger partial charge in [-0.1, -0.05) is 39.0 Å². The number of aliphatic hydroxyl groups excluding tert-OH is 1. The van der Waals surface area contributed by atoms with E-state index in [2.05, 4.69) is 20.8 Å². The fourth-order valence-electron chi connectivity index (χ4n) is 2.88. The average Bonchev–Trinajstić information content (AvgIpc) is 2.70. The molecule has 0 aliphatic rings. The van der Waals surface area contributed by atoms with E-state index < -0.39 is 23.3 Å². The van der Waals surface area contributed by atoms with Crippen molar-refractivity contribution in [2.75, 3.05) is 13.2 Å². The highest BCUT2D eigenvalue weighted by Gasteiger charge is 2.16. The number of carbonyl (C=O) groups is 1. The Kier molecular flexibility index (Phi) is 6.12. The van der Waals surface area contributed by atoms with Crippen LogP contribution in [-0.4, -0.2) is 35.5 Å². The fraction of sp³-hybridized carbons (Fsp3) is 0.304. The minimum absolute atomic E-state index is 0.0113. The maximum absolute atomic E-state index is 12.3. The smallest absolute Gasteiger partial charge is 0.371 e. The second-order valence-corrected chi connectivity index (χ2v) is 7.96. The van der Waals surface area contributed by atoms with Crippen LogP contribution >= 0.6 is 0 Å². The normalized spacial score (nSPS) is 12.5. The molecule has 1 atom stereocenters. The predicted molar refractivity (Wildman–Crippen MR) is 112 cm³/mol. The van der Waals surface area contributed by atoms with Crippen molar-refractivity contribution in [3.63, 3.8) is 0 Å². The number of hydrogen-bond acceptors (Lipinski definition) is 6. The van der Waals surface area contributed by atoms with Crippen LogP contribution in [-0.2, 0) is 5.41 Å². The minimum atomic E-state index is -1.33. The standard InChI is InChI=1S/C23H24O7/c1-23(2,3)14-7-9-16(10-8-14)28-12-15(24)13-29-18-5-4-6-19-21(18)17(25)11-20(30-19)22(26)27/h4-11,15,24H,12-13H2,1-3H3,(H,26,27). The minimum Gasteiger partial charge on any atom is -0.491 e. The van der Waals surface area contributed by atoms with Gasteiger partial charge in [0.2, 0.25) is 5.76 Å². The molecule has 0 amide bonds. The highest BCUT2D eigenvalue weighted by Crippen LogP contribution is 2.25. The summed E-state index contributed by atoms with van der Waals surface area (Å²) in [6, 6.07) is 13.2. The number of carboxylic acid groups (broad SMARTS) is 1. The molecule has 0 radical (unpaired) electrons. The topological polar surface area (TPSA) is 106 Å². The zero-order valence-electron chi connectivity index (χ0n) is 17.0. The molecule has 7 nitrogen and oxygen atoms in total. The van der Waals surface area contributed by atoms with E-state index in [1.54, 1.807) is 12.1 Å². The van der Waals surface area contributed by atoms with Crippen LogP contribution in [0.15, 0.2) is 57.7 Å². The van der Waals surface area contributed by atoms with Crippen LogP contribution in [0.1, 0.15) is 36.9 Å². The average molecular weight is 412 g/mol. The summed E-state index contributed by atoms with van der Waals surface area (Å²) >= 11 is 0. The third-order valence-electron chi connectivity index (χ3n) is 4.52. The van der Waals surface area contributed by atoms with Gasteiger partial charge in [0.05, 0.1) is 0 Å². The van der Waals surface area contributed by atoms with Gasteiger partial charge in [-0.15, -0.1) is 0 Å². The Morgan fingerprint density at radius 3 is 2.37 bits per heavy atom. The van der Waals surface area contributed by atoms with Gasteiger partial charge in [0.15, 0.2) is 5.43 Å². The Morgan fingerprint density at radius 2 is 1.73 bits per heavy atom. The first-order valence-corrected chi connectivity index (χ1v) is 9.49. The largest absolute Gasteiger partial charge is 0.491 e. The number of fused-ring (bicyclic) bond motifs is 1. The van der Waals surface area contributed by atoms with Gasteiger partial charge in [0.25, 0.3) is 0 Å². The van der Waals surface area contributed by atoms with Crippen LogP contribution in [0.25, 0.3) is 11.0 Å². The molecular weight excluding hydrogens is 388 g/mol. The second kappa shape index (κ2) is 8.59. The lowest BCUT2D eigenvalue weighted by Crippen LogP contribution is -2.25. The molecule has 158 valence electrons. The first-order chi connectivity index (χ1) is 14.1. The molecule has 30 heavy (non-hydrogen) atoms. The number of aromatic carboxylic acids is 1. The van der Waals surface area contributed by atoms with E-state index in [4.69, 9.17) is 19.0 Å². The Hall–Kier alpha value is -3.32. The van der Waals surface area contributed by atoms with Crippen LogP contribution in [0.5, 0.6) is 11.5 Å². The lowest BCUT2D eigenvalue weighted by molar-refractivity contribution is 0.0631. The molecule has 3 rings (SSSR count). The number of hydrogen-bond donors (Lipinski definition) is 2. The van der Waals surface area contributed by atoms with Gasteiger partial charge in [0.1, 0.15) is 41.8 Å². The van der Waals surface area contributed by atoms with Gasteiger partial charge in [-0.25, -0.2) is 4.79 Å². The molecule has 1 heterocycles. The van der Waals surface area contributed by atoms with Gasteiger partial charge >= 0.3 is 5.97 Å². The van der Waals surface area contributed by atoms with E-state index in [0.29, 0.717) is 5.75 Å². The molecular formula is C23H24O7. The third-order valence-corrected chi connectivity index (χ3v) is 4.52. The lowest BCUT2D eigenvalue weighted by atomic mass is 9.87. The molecule has 7 heteroatoms. The quantitative estimate of drug-likeness (QED) is 0.611. The molecule has 0 saturated heterocycles. The maximum Gasteiger partial charge on any atom is 0.371 e. The molecule has 2 N–H and O–H groups in total. The zero-order valence-corrected chi connectivity index (χ0v) is 17.0. The summed E-state index contributed by atoms with van der Waals surface area (Å²) < 4.78 is 16.4. The molecule has 3 aromatic rings. The molecule has 0 aliphatic carbocycles. The van der Waals surface area contributed by atoms with Crippen LogP contribution in [0.4, 0.5) is 0 Å². The summed E-state index contributed by atoms with van der Waals surface area (Å²) in [6.45, 7) is 6.28. The number of rotatable bonds is 7. The van der Waals surface area contributed by atoms with Crippen LogP contribution in [0.3, 0.4) is 0 Å². The molecule has 1 aromatic heterocycles. The summed E-state index contributed by atoms with van der Waals surface area (Å²) in [5, 5.41) is 19.3. The molecule has 2 aromatic carbocycles. The van der Waals surface area contributed by atoms with E-state index >= 15 is 0 Å². The number of ether oxygens (including phenoxy) is 2. The highest BCUT2D eigenvalue weighted by atomic mass is 16.5. The van der Waals surface area contributed by atoms with E-state index in [9.17, 15) is 14.7 Å². The molecule has 0 bridgehead atoms. The number of aliphatic hydroxyl groups is 1. The van der Waals surface area contributed by atoms with Crippen molar-refractivity contribution < 1.29 is 28.9 Å². The Morgan fingerprint density at radius 1 is 1.07 bits per heavy atom. The Labute approximate surface area is 173 Å².